The summed E-state index contributed by atoms with van der Waals surface area (Å²) in [4.78, 5) is 13.5. The number of hydrogen-bond donors (Lipinski definition) is 1. The summed E-state index contributed by atoms with van der Waals surface area (Å²) < 4.78 is 44.7. The number of carbonyl (C=O) groups excluding carboxylic acids is 1. The lowest BCUT2D eigenvalue weighted by molar-refractivity contribution is -0.182. The minimum Gasteiger partial charge on any atom is -0.350 e. The summed E-state index contributed by atoms with van der Waals surface area (Å²) in [5, 5.41) is 11.9. The summed E-state index contributed by atoms with van der Waals surface area (Å²) in [7, 11) is 0. The van der Waals surface area contributed by atoms with Gasteiger partial charge in [-0.25, -0.2) is 9.36 Å². The molecule has 0 atom stereocenters. The van der Waals surface area contributed by atoms with Gasteiger partial charge in [-0.2, -0.15) is 23.4 Å². The molecule has 0 radical (unpaired) electrons. The summed E-state index contributed by atoms with van der Waals surface area (Å²) in [6.45, 7) is -1.72. The van der Waals surface area contributed by atoms with Crippen molar-refractivity contribution in [1.29, 1.82) is 0 Å². The Kier molecular flexibility index (Phi) is 5.66. The van der Waals surface area contributed by atoms with E-state index in [0.717, 1.165) is 30.6 Å². The van der Waals surface area contributed by atoms with E-state index in [1.54, 1.807) is 10.9 Å². The Labute approximate surface area is 206 Å². The molecule has 2 aromatic heterocycles. The first-order valence-electron chi connectivity index (χ1n) is 12.4. The third-order valence-corrected chi connectivity index (χ3v) is 7.90. The van der Waals surface area contributed by atoms with Crippen LogP contribution >= 0.6 is 0 Å². The monoisotopic (exact) mass is 499 g/mol. The Hall–Kier alpha value is -3.14. The maximum Gasteiger partial charge on any atom is 0.411 e. The molecule has 4 saturated carbocycles. The van der Waals surface area contributed by atoms with E-state index in [2.05, 4.69) is 15.2 Å². The van der Waals surface area contributed by atoms with Crippen LogP contribution in [0.1, 0.15) is 54.6 Å². The summed E-state index contributed by atoms with van der Waals surface area (Å²) >= 11 is 0. The summed E-state index contributed by atoms with van der Waals surface area (Å²) in [5.41, 5.74) is 2.60. The first-order valence-corrected chi connectivity index (χ1v) is 12.4. The number of carbonyl (C=O) groups is 1. The standard InChI is InChI=1S/C26H28F3N5O2/c27-26(28,29)15-36-16-33-13-20(12-30-33)31-24(35)22-14-34(21-4-2-1-3-5-21)32-23(22)25-9-17-6-18(10-25)8-19(7-17)11-25/h1-5,12-14,17-19H,6-11,15-16H2,(H,31,35). The molecule has 4 fully saturated rings. The van der Waals surface area contributed by atoms with Crippen LogP contribution in [0.25, 0.3) is 5.69 Å². The molecule has 4 aliphatic rings. The number of para-hydroxylation sites is 1. The minimum absolute atomic E-state index is 0.0862. The number of anilines is 1. The van der Waals surface area contributed by atoms with Crippen LogP contribution in [-0.4, -0.2) is 38.3 Å². The highest BCUT2D eigenvalue weighted by atomic mass is 19.4. The van der Waals surface area contributed by atoms with Crippen LogP contribution in [-0.2, 0) is 16.9 Å². The Balaban J connectivity index is 1.27. The topological polar surface area (TPSA) is 74.0 Å². The number of rotatable bonds is 7. The zero-order chi connectivity index (χ0) is 24.9. The van der Waals surface area contributed by atoms with E-state index in [1.807, 2.05) is 30.3 Å². The highest BCUT2D eigenvalue weighted by Crippen LogP contribution is 2.60. The van der Waals surface area contributed by atoms with Crippen molar-refractivity contribution in [3.63, 3.8) is 0 Å². The third-order valence-electron chi connectivity index (χ3n) is 7.90. The lowest BCUT2D eigenvalue weighted by Gasteiger charge is -2.56. The van der Waals surface area contributed by atoms with Crippen molar-refractivity contribution >= 4 is 11.6 Å². The fourth-order valence-corrected chi connectivity index (χ4v) is 7.00. The smallest absolute Gasteiger partial charge is 0.350 e. The van der Waals surface area contributed by atoms with Crippen molar-refractivity contribution in [3.05, 3.63) is 60.2 Å². The third kappa shape index (κ3) is 4.54. The van der Waals surface area contributed by atoms with Gasteiger partial charge >= 0.3 is 6.18 Å². The molecule has 7 nitrogen and oxygen atoms in total. The number of aromatic nitrogens is 4. The number of benzene rings is 1. The second-order valence-electron chi connectivity index (χ2n) is 10.7. The van der Waals surface area contributed by atoms with Gasteiger partial charge in [-0.15, -0.1) is 0 Å². The van der Waals surface area contributed by atoms with Crippen molar-refractivity contribution in [2.24, 2.45) is 17.8 Å². The van der Waals surface area contributed by atoms with Gasteiger partial charge in [0.2, 0.25) is 0 Å². The fourth-order valence-electron chi connectivity index (χ4n) is 7.00. The van der Waals surface area contributed by atoms with Crippen molar-refractivity contribution in [2.45, 2.75) is 56.8 Å². The van der Waals surface area contributed by atoms with Crippen molar-refractivity contribution in [2.75, 3.05) is 11.9 Å². The van der Waals surface area contributed by atoms with Crippen LogP contribution in [0.2, 0.25) is 0 Å². The van der Waals surface area contributed by atoms with Gasteiger partial charge in [-0.05, 0) is 68.4 Å². The molecule has 1 aromatic carbocycles. The lowest BCUT2D eigenvalue weighted by Crippen LogP contribution is -2.49. The van der Waals surface area contributed by atoms with Gasteiger partial charge < -0.3 is 10.1 Å². The van der Waals surface area contributed by atoms with Gasteiger partial charge in [0.1, 0.15) is 13.3 Å². The Morgan fingerprint density at radius 3 is 2.36 bits per heavy atom. The summed E-state index contributed by atoms with van der Waals surface area (Å²) in [5.74, 6) is 1.80. The fraction of sp³-hybridized carbons (Fsp3) is 0.500. The van der Waals surface area contributed by atoms with Crippen molar-refractivity contribution in [1.82, 2.24) is 19.6 Å². The van der Waals surface area contributed by atoms with Gasteiger partial charge in [0.05, 0.1) is 35.0 Å². The zero-order valence-electron chi connectivity index (χ0n) is 19.7. The summed E-state index contributed by atoms with van der Waals surface area (Å²) in [6, 6.07) is 9.75. The van der Waals surface area contributed by atoms with Gasteiger partial charge in [-0.1, -0.05) is 18.2 Å². The molecule has 7 rings (SSSR count). The highest BCUT2D eigenvalue weighted by Gasteiger charge is 2.54. The van der Waals surface area contributed by atoms with E-state index in [1.165, 1.54) is 36.3 Å². The number of ether oxygens (including phenoxy) is 1. The van der Waals surface area contributed by atoms with Crippen molar-refractivity contribution < 1.29 is 22.7 Å². The molecule has 4 aliphatic carbocycles. The average Bonchev–Trinajstić information content (AvgIpc) is 3.46. The maximum atomic E-state index is 13.5. The minimum atomic E-state index is -4.41. The molecule has 10 heteroatoms. The molecule has 3 aromatic rings. The maximum absolute atomic E-state index is 13.5. The van der Waals surface area contributed by atoms with E-state index in [4.69, 9.17) is 5.10 Å². The average molecular weight is 500 g/mol. The quantitative estimate of drug-likeness (QED) is 0.477. The van der Waals surface area contributed by atoms with Crippen LogP contribution in [0, 0.1) is 17.8 Å². The van der Waals surface area contributed by atoms with E-state index < -0.39 is 12.8 Å². The Bertz CT molecular complexity index is 1210. The van der Waals surface area contributed by atoms with Gasteiger partial charge in [0.25, 0.3) is 5.91 Å². The molecular weight excluding hydrogens is 471 g/mol. The number of amides is 1. The SMILES string of the molecule is O=C(Nc1cnn(COCC(F)(F)F)c1)c1cn(-c2ccccc2)nc1C12CC3CC(CC(C3)C1)C2. The van der Waals surface area contributed by atoms with E-state index in [0.29, 0.717) is 29.0 Å². The van der Waals surface area contributed by atoms with Crippen LogP contribution < -0.4 is 5.32 Å². The van der Waals surface area contributed by atoms with E-state index in [-0.39, 0.29) is 18.1 Å². The Morgan fingerprint density at radius 2 is 1.72 bits per heavy atom. The molecule has 0 unspecified atom stereocenters. The van der Waals surface area contributed by atoms with E-state index >= 15 is 0 Å². The van der Waals surface area contributed by atoms with Crippen LogP contribution in [0.3, 0.4) is 0 Å². The number of alkyl halides is 3. The second-order valence-corrected chi connectivity index (χ2v) is 10.7. The molecule has 1 amide bonds. The molecule has 0 aliphatic heterocycles. The van der Waals surface area contributed by atoms with Crippen molar-refractivity contribution in [3.8, 4) is 5.69 Å². The molecule has 0 saturated heterocycles. The van der Waals surface area contributed by atoms with E-state index in [9.17, 15) is 18.0 Å². The summed E-state index contributed by atoms with van der Waals surface area (Å²) in [6.07, 6.45) is 7.33. The predicted octanol–water partition coefficient (Wildman–Crippen LogP) is 5.33. The molecule has 2 heterocycles. The van der Waals surface area contributed by atoms with Crippen LogP contribution in [0.4, 0.5) is 18.9 Å². The number of nitrogens with zero attached hydrogens (tertiary/aromatic N) is 4. The molecule has 4 bridgehead atoms. The normalized spacial score (nSPS) is 26.9. The number of halogens is 3. The van der Waals surface area contributed by atoms with Gasteiger partial charge in [0, 0.05) is 11.6 Å². The first-order chi connectivity index (χ1) is 17.3. The molecule has 0 spiro atoms. The van der Waals surface area contributed by atoms with Crippen LogP contribution in [0.15, 0.2) is 48.9 Å². The molecule has 1 N–H and O–H groups in total. The zero-order valence-corrected chi connectivity index (χ0v) is 19.7. The molecule has 36 heavy (non-hydrogen) atoms. The first kappa shape index (κ1) is 23.3. The Morgan fingerprint density at radius 1 is 1.06 bits per heavy atom. The highest BCUT2D eigenvalue weighted by molar-refractivity contribution is 6.05. The van der Waals surface area contributed by atoms with Gasteiger partial charge in [0.15, 0.2) is 0 Å². The molecule has 190 valence electrons. The largest absolute Gasteiger partial charge is 0.411 e. The van der Waals surface area contributed by atoms with Gasteiger partial charge in [-0.3, -0.25) is 4.79 Å². The number of hydrogen-bond acceptors (Lipinski definition) is 4. The molecular formula is C26H28F3N5O2. The lowest BCUT2D eigenvalue weighted by atomic mass is 9.48. The number of nitrogens with one attached hydrogen (secondary N) is 1. The van der Waals surface area contributed by atoms with Crippen LogP contribution in [0.5, 0.6) is 0 Å². The predicted molar refractivity (Wildman–Crippen MR) is 126 cm³/mol. The second kappa shape index (κ2) is 8.76.